The van der Waals surface area contributed by atoms with Crippen molar-refractivity contribution in [2.75, 3.05) is 18.4 Å². The molecule has 0 spiro atoms. The summed E-state index contributed by atoms with van der Waals surface area (Å²) in [5.74, 6) is -6.84. The second-order valence-electron chi connectivity index (χ2n) is 9.58. The normalized spacial score (nSPS) is 19.9. The summed E-state index contributed by atoms with van der Waals surface area (Å²) in [5.41, 5.74) is 0.448. The number of halogens is 4. The van der Waals surface area contributed by atoms with Crippen molar-refractivity contribution in [3.8, 4) is 22.9 Å². The van der Waals surface area contributed by atoms with E-state index in [4.69, 9.17) is 4.74 Å². The molecule has 5 rings (SSSR count). The van der Waals surface area contributed by atoms with Gasteiger partial charge in [-0.3, -0.25) is 0 Å². The van der Waals surface area contributed by atoms with E-state index in [1.165, 1.54) is 6.20 Å². The fourth-order valence-corrected chi connectivity index (χ4v) is 5.44. The Labute approximate surface area is 223 Å². The fourth-order valence-electron chi connectivity index (χ4n) is 4.86. The largest absolute Gasteiger partial charge is 0.435 e. The molecule has 2 aromatic heterocycles. The number of hydrogen-bond acceptors (Lipinski definition) is 8. The lowest BCUT2D eigenvalue weighted by molar-refractivity contribution is -0.118. The van der Waals surface area contributed by atoms with Crippen molar-refractivity contribution in [3.05, 3.63) is 59.9 Å². The number of piperidine rings is 1. The number of alkyl halides is 2. The summed E-state index contributed by atoms with van der Waals surface area (Å²) in [4.78, 5) is 12.9. The molecule has 1 saturated heterocycles. The molecule has 2 fully saturated rings. The third-order valence-electron chi connectivity index (χ3n) is 6.79. The lowest BCUT2D eigenvalue weighted by Crippen LogP contribution is -2.43. The van der Waals surface area contributed by atoms with Crippen LogP contribution in [-0.4, -0.2) is 48.4 Å². The van der Waals surface area contributed by atoms with Gasteiger partial charge in [0.05, 0.1) is 17.3 Å². The molecule has 1 aliphatic carbocycles. The first kappa shape index (κ1) is 27.2. The quantitative estimate of drug-likeness (QED) is 0.227. The van der Waals surface area contributed by atoms with Gasteiger partial charge in [-0.25, -0.2) is 41.3 Å². The van der Waals surface area contributed by atoms with Gasteiger partial charge in [0, 0.05) is 43.4 Å². The Morgan fingerprint density at radius 2 is 1.90 bits per heavy atom. The predicted octanol–water partition coefficient (Wildman–Crippen LogP) is 3.98. The second kappa shape index (κ2) is 11.4. The second-order valence-corrected chi connectivity index (χ2v) is 10.4. The first-order chi connectivity index (χ1) is 18.7. The molecule has 2 atom stereocenters. The summed E-state index contributed by atoms with van der Waals surface area (Å²) < 4.78 is 87.4. The van der Waals surface area contributed by atoms with Gasteiger partial charge in [0.15, 0.2) is 11.6 Å². The van der Waals surface area contributed by atoms with E-state index in [0.717, 1.165) is 38.1 Å². The molecule has 208 valence electrons. The highest BCUT2D eigenvalue weighted by Crippen LogP contribution is 2.49. The van der Waals surface area contributed by atoms with Gasteiger partial charge in [-0.2, -0.15) is 4.39 Å². The zero-order valence-electron chi connectivity index (χ0n) is 20.5. The van der Waals surface area contributed by atoms with E-state index in [2.05, 4.69) is 30.3 Å². The number of nitrogens with zero attached hydrogens (tertiary/aromatic N) is 3. The first-order valence-electron chi connectivity index (χ1n) is 12.4. The van der Waals surface area contributed by atoms with Gasteiger partial charge in [0.25, 0.3) is 0 Å². The molecule has 3 heterocycles. The lowest BCUT2D eigenvalue weighted by atomic mass is 9.74. The number of thiol groups is 1. The van der Waals surface area contributed by atoms with Crippen LogP contribution in [0.2, 0.25) is 0 Å². The molecule has 2 aliphatic rings. The number of anilines is 1. The van der Waals surface area contributed by atoms with Crippen molar-refractivity contribution in [3.63, 3.8) is 0 Å². The summed E-state index contributed by atoms with van der Waals surface area (Å²) in [6, 6.07) is 5.97. The third-order valence-corrected chi connectivity index (χ3v) is 7.28. The molecule has 39 heavy (non-hydrogen) atoms. The summed E-state index contributed by atoms with van der Waals surface area (Å²) in [6.45, 7) is 1.74. The third kappa shape index (κ3) is 6.28. The van der Waals surface area contributed by atoms with Crippen LogP contribution in [0, 0.1) is 17.6 Å². The number of hydrogen-bond donors (Lipinski definition) is 4. The number of pyridine rings is 1. The highest BCUT2D eigenvalue weighted by molar-refractivity contribution is 7.70. The van der Waals surface area contributed by atoms with Gasteiger partial charge in [-0.15, -0.1) is 0 Å². The molecule has 1 saturated carbocycles. The first-order valence-corrected chi connectivity index (χ1v) is 13.6. The molecule has 0 bridgehead atoms. The van der Waals surface area contributed by atoms with Crippen LogP contribution < -0.4 is 20.1 Å². The number of rotatable bonds is 9. The van der Waals surface area contributed by atoms with Crippen LogP contribution in [0.4, 0.5) is 23.5 Å². The average Bonchev–Trinajstić information content (AvgIpc) is 2.90. The minimum Gasteiger partial charge on any atom is -0.435 e. The zero-order chi connectivity index (χ0) is 27.6. The van der Waals surface area contributed by atoms with E-state index in [1.807, 2.05) is 0 Å². The maximum atomic E-state index is 15.1. The molecular formula is C25H26F4N6O3S. The summed E-state index contributed by atoms with van der Waals surface area (Å²) in [7, 11) is -3.25. The fraction of sp³-hybridized carbons (Fsp3) is 0.400. The maximum Gasteiger partial charge on any atom is 0.248 e. The molecule has 0 unspecified atom stereocenters. The minimum absolute atomic E-state index is 0.0523. The topological polar surface area (TPSA) is 118 Å². The molecule has 0 amide bonds. The van der Waals surface area contributed by atoms with Crippen molar-refractivity contribution >= 4 is 16.8 Å². The summed E-state index contributed by atoms with van der Waals surface area (Å²) in [5, 5.41) is 6.58. The Morgan fingerprint density at radius 1 is 1.08 bits per heavy atom. The van der Waals surface area contributed by atoms with Crippen LogP contribution in [0.5, 0.6) is 11.6 Å². The molecule has 1 aromatic carbocycles. The van der Waals surface area contributed by atoms with Gasteiger partial charge in [0.1, 0.15) is 0 Å². The Hall–Kier alpha value is -3.36. The lowest BCUT2D eigenvalue weighted by Gasteiger charge is -2.39. The molecule has 3 N–H and O–H groups in total. The summed E-state index contributed by atoms with van der Waals surface area (Å²) >= 11 is 0. The van der Waals surface area contributed by atoms with Gasteiger partial charge < -0.3 is 15.4 Å². The Kier molecular flexibility index (Phi) is 7.96. The Bertz CT molecular complexity index is 1400. The zero-order valence-corrected chi connectivity index (χ0v) is 21.4. The van der Waals surface area contributed by atoms with E-state index in [-0.39, 0.29) is 17.5 Å². The van der Waals surface area contributed by atoms with Gasteiger partial charge in [-0.05, 0) is 49.6 Å². The molecule has 14 heteroatoms. The smallest absolute Gasteiger partial charge is 0.248 e. The van der Waals surface area contributed by atoms with E-state index in [1.54, 1.807) is 24.4 Å². The number of ether oxygens (including phenoxy) is 1. The number of aromatic nitrogens is 3. The van der Waals surface area contributed by atoms with Gasteiger partial charge >= 0.3 is 0 Å². The standard InChI is InChI=1S/C25H26F4N6O3S/c26-20-17(22(35-39(36)37)14-11-25(28,29)12-14)5-6-19(21(20)27)38-23-16(4-2-9-31-23)18-7-10-32-24(34-18)33-15-3-1-8-30-13-15/h2,4-7,9-10,14-15,22,30,39H,1,3,8,11-13H2,(H,32,33,34)(H,35,36,37)/t15-,22-/m0/s1. The molecule has 1 aliphatic heterocycles. The maximum absolute atomic E-state index is 15.1. The molecular weight excluding hydrogens is 540 g/mol. The highest BCUT2D eigenvalue weighted by atomic mass is 32.2. The SMILES string of the molecule is O=[SH](=O)N[C@H](c1ccc(Oc2ncccc2-c2ccnc(N[C@H]3CCCNC3)n2)c(F)c1F)C1CC(F)(F)C1. The van der Waals surface area contributed by atoms with E-state index in [0.29, 0.717) is 17.2 Å². The van der Waals surface area contributed by atoms with Gasteiger partial charge in [-0.1, -0.05) is 6.07 Å². The van der Waals surface area contributed by atoms with Crippen molar-refractivity contribution in [2.45, 2.75) is 43.7 Å². The van der Waals surface area contributed by atoms with Crippen LogP contribution in [0.1, 0.15) is 37.3 Å². The van der Waals surface area contributed by atoms with E-state index in [9.17, 15) is 17.2 Å². The van der Waals surface area contributed by atoms with E-state index < -0.39 is 59.0 Å². The van der Waals surface area contributed by atoms with Crippen LogP contribution in [0.15, 0.2) is 42.7 Å². The van der Waals surface area contributed by atoms with Crippen molar-refractivity contribution in [2.24, 2.45) is 5.92 Å². The highest BCUT2D eigenvalue weighted by Gasteiger charge is 2.49. The van der Waals surface area contributed by atoms with E-state index >= 15 is 8.78 Å². The monoisotopic (exact) mass is 566 g/mol. The van der Waals surface area contributed by atoms with Crippen LogP contribution in [-0.2, 0) is 10.9 Å². The van der Waals surface area contributed by atoms with Crippen molar-refractivity contribution < 1.29 is 30.7 Å². The van der Waals surface area contributed by atoms with Crippen molar-refractivity contribution in [1.82, 2.24) is 25.0 Å². The van der Waals surface area contributed by atoms with Crippen LogP contribution in [0.3, 0.4) is 0 Å². The molecule has 9 nitrogen and oxygen atoms in total. The average molecular weight is 567 g/mol. The van der Waals surface area contributed by atoms with Crippen LogP contribution >= 0.6 is 0 Å². The summed E-state index contributed by atoms with van der Waals surface area (Å²) in [6.07, 6.45) is 3.68. The number of nitrogens with one attached hydrogen (secondary N) is 3. The van der Waals surface area contributed by atoms with Gasteiger partial charge in [0.2, 0.25) is 34.5 Å². The number of benzene rings is 1. The molecule has 0 radical (unpaired) electrons. The molecule has 3 aromatic rings. The van der Waals surface area contributed by atoms with Crippen LogP contribution in [0.25, 0.3) is 11.3 Å². The Balaban J connectivity index is 1.39. The van der Waals surface area contributed by atoms with Crippen molar-refractivity contribution in [1.29, 1.82) is 0 Å². The predicted molar refractivity (Wildman–Crippen MR) is 135 cm³/mol. The minimum atomic E-state index is -3.25. The Morgan fingerprint density at radius 3 is 2.62 bits per heavy atom.